The number of nitrogens with one attached hydrogen (secondary N) is 1. The Morgan fingerprint density at radius 2 is 1.40 bits per heavy atom. The summed E-state index contributed by atoms with van der Waals surface area (Å²) in [5.74, 6) is -0.278. The zero-order valence-corrected chi connectivity index (χ0v) is 21.1. The predicted molar refractivity (Wildman–Crippen MR) is 141 cm³/mol. The molecular weight excluding hydrogens is 479 g/mol. The van der Waals surface area contributed by atoms with Crippen LogP contribution in [0.4, 0.5) is 0 Å². The topological polar surface area (TPSA) is 49.4 Å². The summed E-state index contributed by atoms with van der Waals surface area (Å²) in [6.07, 6.45) is 4.75. The lowest BCUT2D eigenvalue weighted by molar-refractivity contribution is -0.141. The van der Waals surface area contributed by atoms with Crippen molar-refractivity contribution in [3.8, 4) is 0 Å². The molecule has 35 heavy (non-hydrogen) atoms. The Morgan fingerprint density at radius 1 is 0.829 bits per heavy atom. The molecule has 1 aliphatic carbocycles. The molecule has 0 unspecified atom stereocenters. The van der Waals surface area contributed by atoms with Crippen molar-refractivity contribution in [1.29, 1.82) is 0 Å². The van der Waals surface area contributed by atoms with Crippen LogP contribution in [0.2, 0.25) is 10.0 Å². The van der Waals surface area contributed by atoms with Crippen LogP contribution in [0.25, 0.3) is 0 Å². The largest absolute Gasteiger partial charge is 0.352 e. The van der Waals surface area contributed by atoms with Crippen molar-refractivity contribution in [2.75, 3.05) is 0 Å². The van der Waals surface area contributed by atoms with Crippen molar-refractivity contribution in [2.45, 2.75) is 57.2 Å². The second-order valence-corrected chi connectivity index (χ2v) is 9.89. The molecule has 1 aliphatic rings. The van der Waals surface area contributed by atoms with Crippen LogP contribution in [0.1, 0.15) is 42.4 Å². The van der Waals surface area contributed by atoms with Crippen LogP contribution in [-0.2, 0) is 29.0 Å². The van der Waals surface area contributed by atoms with Crippen LogP contribution in [0.3, 0.4) is 0 Å². The van der Waals surface area contributed by atoms with Gasteiger partial charge in [0.15, 0.2) is 0 Å². The first-order valence-corrected chi connectivity index (χ1v) is 12.9. The van der Waals surface area contributed by atoms with Gasteiger partial charge in [0.1, 0.15) is 6.04 Å². The Morgan fingerprint density at radius 3 is 2.00 bits per heavy atom. The van der Waals surface area contributed by atoms with Gasteiger partial charge in [0.2, 0.25) is 11.8 Å². The molecule has 6 heteroatoms. The van der Waals surface area contributed by atoms with Crippen molar-refractivity contribution in [1.82, 2.24) is 10.2 Å². The standard InChI is InChI=1S/C29H30Cl2N2O2/c30-25-16-9-17-26(31)24(25)20-33(28(34)19-22-12-5-2-6-13-22)27(18-21-10-3-1-4-11-21)29(35)32-23-14-7-8-15-23/h1-6,9-13,16-17,23,27H,7-8,14-15,18-20H2,(H,32,35)/t27-/m0/s1. The molecule has 0 radical (unpaired) electrons. The fraction of sp³-hybridized carbons (Fsp3) is 0.310. The monoisotopic (exact) mass is 508 g/mol. The number of rotatable bonds is 9. The van der Waals surface area contributed by atoms with Crippen molar-refractivity contribution >= 4 is 35.0 Å². The van der Waals surface area contributed by atoms with E-state index in [-0.39, 0.29) is 30.8 Å². The van der Waals surface area contributed by atoms with E-state index in [0.29, 0.717) is 22.0 Å². The molecule has 1 saturated carbocycles. The van der Waals surface area contributed by atoms with Gasteiger partial charge in [-0.3, -0.25) is 9.59 Å². The number of carbonyl (C=O) groups excluding carboxylic acids is 2. The number of halogens is 2. The molecule has 3 aromatic carbocycles. The summed E-state index contributed by atoms with van der Waals surface area (Å²) in [7, 11) is 0. The van der Waals surface area contributed by atoms with E-state index in [1.54, 1.807) is 23.1 Å². The van der Waals surface area contributed by atoms with E-state index in [0.717, 1.165) is 36.8 Å². The minimum Gasteiger partial charge on any atom is -0.352 e. The molecule has 0 bridgehead atoms. The highest BCUT2D eigenvalue weighted by atomic mass is 35.5. The van der Waals surface area contributed by atoms with Crippen molar-refractivity contribution in [2.24, 2.45) is 0 Å². The van der Waals surface area contributed by atoms with Gasteiger partial charge in [0.25, 0.3) is 0 Å². The molecule has 0 saturated heterocycles. The Balaban J connectivity index is 1.69. The second-order valence-electron chi connectivity index (χ2n) is 9.08. The lowest BCUT2D eigenvalue weighted by Gasteiger charge is -2.33. The fourth-order valence-electron chi connectivity index (χ4n) is 4.65. The second kappa shape index (κ2) is 12.2. The molecule has 0 heterocycles. The van der Waals surface area contributed by atoms with E-state index in [2.05, 4.69) is 5.32 Å². The molecular formula is C29H30Cl2N2O2. The predicted octanol–water partition coefficient (Wildman–Crippen LogP) is 6.23. The van der Waals surface area contributed by atoms with Crippen molar-refractivity contribution in [3.05, 3.63) is 106 Å². The van der Waals surface area contributed by atoms with E-state index < -0.39 is 6.04 Å². The first-order chi connectivity index (χ1) is 17.0. The van der Waals surface area contributed by atoms with Crippen LogP contribution < -0.4 is 5.32 Å². The molecule has 2 amide bonds. The molecule has 4 nitrogen and oxygen atoms in total. The first-order valence-electron chi connectivity index (χ1n) is 12.1. The lowest BCUT2D eigenvalue weighted by atomic mass is 10.0. The highest BCUT2D eigenvalue weighted by Crippen LogP contribution is 2.28. The first kappa shape index (κ1) is 25.3. The summed E-state index contributed by atoms with van der Waals surface area (Å²) >= 11 is 13.0. The molecule has 0 aromatic heterocycles. The summed E-state index contributed by atoms with van der Waals surface area (Å²) in [4.78, 5) is 29.1. The van der Waals surface area contributed by atoms with E-state index in [4.69, 9.17) is 23.2 Å². The van der Waals surface area contributed by atoms with Gasteiger partial charge >= 0.3 is 0 Å². The van der Waals surface area contributed by atoms with Gasteiger partial charge in [-0.25, -0.2) is 0 Å². The van der Waals surface area contributed by atoms with Gasteiger partial charge in [0, 0.05) is 34.6 Å². The number of carbonyl (C=O) groups is 2. The summed E-state index contributed by atoms with van der Waals surface area (Å²) < 4.78 is 0. The van der Waals surface area contributed by atoms with Gasteiger partial charge in [-0.05, 0) is 36.1 Å². The van der Waals surface area contributed by atoms with Crippen LogP contribution >= 0.6 is 23.2 Å². The third-order valence-electron chi connectivity index (χ3n) is 6.56. The van der Waals surface area contributed by atoms with E-state index in [1.807, 2.05) is 60.7 Å². The molecule has 1 atom stereocenters. The van der Waals surface area contributed by atoms with Crippen molar-refractivity contribution in [3.63, 3.8) is 0 Å². The van der Waals surface area contributed by atoms with Gasteiger partial charge in [-0.2, -0.15) is 0 Å². The highest BCUT2D eigenvalue weighted by Gasteiger charge is 2.32. The quantitative estimate of drug-likeness (QED) is 0.372. The highest BCUT2D eigenvalue weighted by molar-refractivity contribution is 6.36. The Hall–Kier alpha value is -2.82. The molecule has 4 rings (SSSR count). The Labute approximate surface area is 217 Å². The SMILES string of the molecule is O=C(NC1CCCC1)[C@H](Cc1ccccc1)N(Cc1c(Cl)cccc1Cl)C(=O)Cc1ccccc1. The number of amides is 2. The lowest BCUT2D eigenvalue weighted by Crippen LogP contribution is -2.52. The van der Waals surface area contributed by atoms with Crippen molar-refractivity contribution < 1.29 is 9.59 Å². The van der Waals surface area contributed by atoms with Gasteiger partial charge in [-0.15, -0.1) is 0 Å². The van der Waals surface area contributed by atoms with E-state index in [1.165, 1.54) is 0 Å². The number of hydrogen-bond acceptors (Lipinski definition) is 2. The summed E-state index contributed by atoms with van der Waals surface area (Å²) in [6.45, 7) is 0.153. The summed E-state index contributed by atoms with van der Waals surface area (Å²) in [5, 5.41) is 4.17. The zero-order valence-electron chi connectivity index (χ0n) is 19.6. The third-order valence-corrected chi connectivity index (χ3v) is 7.27. The Bertz CT molecular complexity index is 1110. The van der Waals surface area contributed by atoms with E-state index >= 15 is 0 Å². The van der Waals surface area contributed by atoms with Crippen LogP contribution in [0, 0.1) is 0 Å². The van der Waals surface area contributed by atoms with Gasteiger partial charge < -0.3 is 10.2 Å². The maximum atomic E-state index is 13.8. The Kier molecular flexibility index (Phi) is 8.84. The van der Waals surface area contributed by atoms with Crippen LogP contribution in [0.5, 0.6) is 0 Å². The molecule has 0 spiro atoms. The average molecular weight is 509 g/mol. The maximum Gasteiger partial charge on any atom is 0.243 e. The number of benzene rings is 3. The van der Waals surface area contributed by atoms with E-state index in [9.17, 15) is 9.59 Å². The van der Waals surface area contributed by atoms with Gasteiger partial charge in [0.05, 0.1) is 6.42 Å². The zero-order chi connectivity index (χ0) is 24.6. The van der Waals surface area contributed by atoms with Crippen LogP contribution in [-0.4, -0.2) is 28.8 Å². The normalized spacial score (nSPS) is 14.5. The summed E-state index contributed by atoms with van der Waals surface area (Å²) in [6, 6.07) is 24.1. The fourth-order valence-corrected chi connectivity index (χ4v) is 5.16. The molecule has 182 valence electrons. The molecule has 0 aliphatic heterocycles. The molecule has 1 fully saturated rings. The summed E-state index contributed by atoms with van der Waals surface area (Å²) in [5.41, 5.74) is 2.52. The smallest absolute Gasteiger partial charge is 0.243 e. The molecule has 1 N–H and O–H groups in total. The average Bonchev–Trinajstić information content (AvgIpc) is 3.37. The maximum absolute atomic E-state index is 13.8. The molecule has 3 aromatic rings. The number of hydrogen-bond donors (Lipinski definition) is 1. The van der Waals surface area contributed by atoms with Crippen LogP contribution in [0.15, 0.2) is 78.9 Å². The van der Waals surface area contributed by atoms with Gasteiger partial charge in [-0.1, -0.05) is 103 Å². The minimum absolute atomic E-state index is 0.134. The third kappa shape index (κ3) is 6.87. The number of nitrogens with zero attached hydrogens (tertiary/aromatic N) is 1. The minimum atomic E-state index is -0.693.